The molecule has 0 spiro atoms. The summed E-state index contributed by atoms with van der Waals surface area (Å²) in [6.45, 7) is 0.317. The van der Waals surface area contributed by atoms with Gasteiger partial charge in [-0.3, -0.25) is 4.79 Å². The normalized spacial score (nSPS) is 10.5. The molecule has 0 atom stereocenters. The Kier molecular flexibility index (Phi) is 6.48. The molecule has 10 heteroatoms. The number of pyridine rings is 1. The van der Waals surface area contributed by atoms with E-state index in [1.807, 2.05) is 17.5 Å². The van der Waals surface area contributed by atoms with E-state index < -0.39 is 11.7 Å². The lowest BCUT2D eigenvalue weighted by Crippen LogP contribution is -2.16. The number of hydrogen-bond acceptors (Lipinski definition) is 7. The fourth-order valence-electron chi connectivity index (χ4n) is 2.86. The van der Waals surface area contributed by atoms with E-state index in [4.69, 9.17) is 10.00 Å². The van der Waals surface area contributed by atoms with Gasteiger partial charge in [-0.2, -0.15) is 5.26 Å². The Morgan fingerprint density at radius 3 is 2.94 bits per heavy atom. The van der Waals surface area contributed by atoms with E-state index in [0.717, 1.165) is 4.88 Å². The van der Waals surface area contributed by atoms with Gasteiger partial charge in [-0.15, -0.1) is 16.4 Å². The molecule has 1 aromatic carbocycles. The molecule has 8 nitrogen and oxygen atoms in total. The van der Waals surface area contributed by atoms with Crippen molar-refractivity contribution in [3.63, 3.8) is 0 Å². The van der Waals surface area contributed by atoms with Crippen molar-refractivity contribution in [3.8, 4) is 28.2 Å². The van der Waals surface area contributed by atoms with E-state index in [1.165, 1.54) is 34.3 Å². The number of amides is 1. The van der Waals surface area contributed by atoms with Gasteiger partial charge in [-0.1, -0.05) is 12.1 Å². The molecule has 0 aliphatic heterocycles. The predicted molar refractivity (Wildman–Crippen MR) is 117 cm³/mol. The molecular weight excluding hydrogens is 431 g/mol. The molecule has 0 unspecified atom stereocenters. The maximum atomic E-state index is 13.8. The molecule has 0 aliphatic rings. The van der Waals surface area contributed by atoms with Crippen LogP contribution in [0.3, 0.4) is 0 Å². The largest absolute Gasteiger partial charge is 0.490 e. The molecular formula is C22H17FN6O2S. The van der Waals surface area contributed by atoms with Crippen LogP contribution in [0.4, 0.5) is 10.2 Å². The topological polar surface area (TPSA) is 106 Å². The highest BCUT2D eigenvalue weighted by molar-refractivity contribution is 7.13. The average Bonchev–Trinajstić information content (AvgIpc) is 3.48. The number of nitrogens with one attached hydrogen (secondary N) is 1. The first-order chi connectivity index (χ1) is 15.7. The number of hydrogen-bond donors (Lipinski definition) is 1. The number of benzene rings is 1. The molecule has 32 heavy (non-hydrogen) atoms. The summed E-state index contributed by atoms with van der Waals surface area (Å²) in [5.41, 5.74) is 0.444. The molecule has 1 N–H and O–H groups in total. The van der Waals surface area contributed by atoms with Gasteiger partial charge < -0.3 is 10.1 Å². The lowest BCUT2D eigenvalue weighted by atomic mass is 10.3. The zero-order chi connectivity index (χ0) is 22.3. The van der Waals surface area contributed by atoms with Crippen LogP contribution in [0.15, 0.2) is 60.1 Å². The SMILES string of the molecule is N#CCCCOc1cccnc1NC(=O)c1nc(-c2cccs2)n(-c2cccc(F)c2)n1. The monoisotopic (exact) mass is 448 g/mol. The van der Waals surface area contributed by atoms with Crippen LogP contribution in [0, 0.1) is 17.1 Å². The first kappa shape index (κ1) is 21.1. The standard InChI is InChI=1S/C22H17FN6O2S/c23-15-6-3-7-16(14-15)29-21(18-9-5-13-32-18)26-20(28-29)22(30)27-19-17(8-4-11-25-19)31-12-2-1-10-24/h3-9,11,13-14H,1-2,12H2,(H,25,27,30). The van der Waals surface area contributed by atoms with Gasteiger partial charge in [0.05, 0.1) is 23.2 Å². The van der Waals surface area contributed by atoms with Crippen LogP contribution in [-0.2, 0) is 0 Å². The van der Waals surface area contributed by atoms with Crippen LogP contribution in [0.1, 0.15) is 23.5 Å². The van der Waals surface area contributed by atoms with Crippen LogP contribution in [0.25, 0.3) is 16.4 Å². The molecule has 4 rings (SSSR count). The molecule has 0 bridgehead atoms. The summed E-state index contributed by atoms with van der Waals surface area (Å²) in [6.07, 6.45) is 2.45. The zero-order valence-corrected chi connectivity index (χ0v) is 17.6. The van der Waals surface area contributed by atoms with Crippen molar-refractivity contribution in [3.05, 3.63) is 71.7 Å². The minimum atomic E-state index is -0.585. The van der Waals surface area contributed by atoms with Gasteiger partial charge >= 0.3 is 0 Å². The molecule has 0 fully saturated rings. The molecule has 3 heterocycles. The maximum absolute atomic E-state index is 13.8. The zero-order valence-electron chi connectivity index (χ0n) is 16.7. The quantitative estimate of drug-likeness (QED) is 0.399. The lowest BCUT2D eigenvalue weighted by molar-refractivity contribution is 0.101. The fourth-order valence-corrected chi connectivity index (χ4v) is 3.56. The first-order valence-electron chi connectivity index (χ1n) is 9.68. The first-order valence-corrected chi connectivity index (χ1v) is 10.6. The van der Waals surface area contributed by atoms with Crippen LogP contribution in [-0.4, -0.2) is 32.3 Å². The maximum Gasteiger partial charge on any atom is 0.296 e. The van der Waals surface area contributed by atoms with E-state index in [0.29, 0.717) is 36.7 Å². The van der Waals surface area contributed by atoms with E-state index in [-0.39, 0.29) is 11.6 Å². The van der Waals surface area contributed by atoms with Gasteiger partial charge in [0.15, 0.2) is 17.4 Å². The number of nitriles is 1. The second kappa shape index (κ2) is 9.80. The lowest BCUT2D eigenvalue weighted by Gasteiger charge is -2.09. The number of nitrogens with zero attached hydrogens (tertiary/aromatic N) is 5. The van der Waals surface area contributed by atoms with E-state index >= 15 is 0 Å². The molecule has 0 aliphatic carbocycles. The summed E-state index contributed by atoms with van der Waals surface area (Å²) in [4.78, 5) is 22.2. The summed E-state index contributed by atoms with van der Waals surface area (Å²) >= 11 is 1.43. The Hall–Kier alpha value is -4.10. The third kappa shape index (κ3) is 4.79. The van der Waals surface area contributed by atoms with Gasteiger partial charge in [0.1, 0.15) is 5.82 Å². The summed E-state index contributed by atoms with van der Waals surface area (Å²) < 4.78 is 20.9. The average molecular weight is 448 g/mol. The van der Waals surface area contributed by atoms with Crippen molar-refractivity contribution in [2.24, 2.45) is 0 Å². The highest BCUT2D eigenvalue weighted by Crippen LogP contribution is 2.27. The minimum Gasteiger partial charge on any atom is -0.490 e. The second-order valence-corrected chi connectivity index (χ2v) is 7.49. The van der Waals surface area contributed by atoms with Gasteiger partial charge in [-0.25, -0.2) is 19.0 Å². The molecule has 4 aromatic rings. The third-order valence-electron chi connectivity index (χ3n) is 4.30. The Labute approximate surface area is 186 Å². The number of unbranched alkanes of at least 4 members (excludes halogenated alkanes) is 1. The van der Waals surface area contributed by atoms with Crippen molar-refractivity contribution in [2.75, 3.05) is 11.9 Å². The highest BCUT2D eigenvalue weighted by Gasteiger charge is 2.21. The van der Waals surface area contributed by atoms with E-state index in [1.54, 1.807) is 24.3 Å². The van der Waals surface area contributed by atoms with Crippen LogP contribution < -0.4 is 10.1 Å². The second-order valence-electron chi connectivity index (χ2n) is 6.54. The number of carbonyl (C=O) groups is 1. The predicted octanol–water partition coefficient (Wildman–Crippen LogP) is 4.46. The molecule has 0 saturated carbocycles. The van der Waals surface area contributed by atoms with E-state index in [9.17, 15) is 9.18 Å². The Morgan fingerprint density at radius 1 is 1.25 bits per heavy atom. The van der Waals surface area contributed by atoms with Crippen molar-refractivity contribution in [2.45, 2.75) is 12.8 Å². The van der Waals surface area contributed by atoms with Crippen molar-refractivity contribution in [1.29, 1.82) is 5.26 Å². The van der Waals surface area contributed by atoms with Crippen LogP contribution in [0.2, 0.25) is 0 Å². The number of anilines is 1. The van der Waals surface area contributed by atoms with Crippen LogP contribution in [0.5, 0.6) is 5.75 Å². The van der Waals surface area contributed by atoms with E-state index in [2.05, 4.69) is 26.5 Å². The number of aromatic nitrogens is 4. The smallest absolute Gasteiger partial charge is 0.296 e. The van der Waals surface area contributed by atoms with Crippen molar-refractivity contribution < 1.29 is 13.9 Å². The van der Waals surface area contributed by atoms with Gasteiger partial charge in [0, 0.05) is 12.6 Å². The number of rotatable bonds is 8. The number of carbonyl (C=O) groups excluding carboxylic acids is 1. The molecule has 1 amide bonds. The fraction of sp³-hybridized carbons (Fsp3) is 0.136. The summed E-state index contributed by atoms with van der Waals surface area (Å²) in [6, 6.07) is 15.0. The number of halogens is 1. The number of thiophene rings is 1. The summed E-state index contributed by atoms with van der Waals surface area (Å²) in [5.74, 6) is -0.0918. The van der Waals surface area contributed by atoms with Gasteiger partial charge in [0.25, 0.3) is 5.91 Å². The Morgan fingerprint density at radius 2 is 2.16 bits per heavy atom. The summed E-state index contributed by atoms with van der Waals surface area (Å²) in [5, 5.41) is 17.5. The third-order valence-corrected chi connectivity index (χ3v) is 5.16. The van der Waals surface area contributed by atoms with Crippen molar-refractivity contribution >= 4 is 23.1 Å². The Balaban J connectivity index is 1.62. The molecule has 160 valence electrons. The van der Waals surface area contributed by atoms with Gasteiger partial charge in [-0.05, 0) is 48.2 Å². The van der Waals surface area contributed by atoms with Gasteiger partial charge in [0.2, 0.25) is 5.82 Å². The number of ether oxygens (including phenoxy) is 1. The van der Waals surface area contributed by atoms with Crippen LogP contribution >= 0.6 is 11.3 Å². The molecule has 0 radical (unpaired) electrons. The highest BCUT2D eigenvalue weighted by atomic mass is 32.1. The van der Waals surface area contributed by atoms with Crippen molar-refractivity contribution in [1.82, 2.24) is 19.7 Å². The molecule has 3 aromatic heterocycles. The summed E-state index contributed by atoms with van der Waals surface area (Å²) in [7, 11) is 0. The minimum absolute atomic E-state index is 0.0984. The Bertz CT molecular complexity index is 1270. The molecule has 0 saturated heterocycles.